The Kier molecular flexibility index (Phi) is 4.34. The molecular weight excluding hydrogens is 295 g/mol. The van der Waals surface area contributed by atoms with Crippen LogP contribution in [0, 0.1) is 12.7 Å². The molecule has 1 saturated heterocycles. The summed E-state index contributed by atoms with van der Waals surface area (Å²) in [5, 5.41) is 0. The number of carbonyl (C=O) groups is 1. The molecule has 1 fully saturated rings. The SMILES string of the molecule is Cc1cc(F)ccc1S(=O)(=O)NC1CC(=O)N(C(C)C)C1. The largest absolute Gasteiger partial charge is 0.339 e. The third-order valence-electron chi connectivity index (χ3n) is 3.53. The van der Waals surface area contributed by atoms with Gasteiger partial charge in [0.05, 0.1) is 4.90 Å². The summed E-state index contributed by atoms with van der Waals surface area (Å²) in [5.41, 5.74) is 0.340. The summed E-state index contributed by atoms with van der Waals surface area (Å²) in [6.07, 6.45) is 0.150. The van der Waals surface area contributed by atoms with Gasteiger partial charge in [-0.25, -0.2) is 17.5 Å². The van der Waals surface area contributed by atoms with Gasteiger partial charge in [-0.05, 0) is 44.5 Å². The third-order valence-corrected chi connectivity index (χ3v) is 5.21. The molecule has 116 valence electrons. The zero-order valence-corrected chi connectivity index (χ0v) is 13.1. The van der Waals surface area contributed by atoms with E-state index in [4.69, 9.17) is 0 Å². The molecule has 5 nitrogen and oxygen atoms in total. The summed E-state index contributed by atoms with van der Waals surface area (Å²) in [6.45, 7) is 5.67. The van der Waals surface area contributed by atoms with Crippen LogP contribution in [-0.4, -0.2) is 37.9 Å². The monoisotopic (exact) mass is 314 g/mol. The molecule has 21 heavy (non-hydrogen) atoms. The molecule has 0 radical (unpaired) electrons. The Bertz CT molecular complexity index is 658. The van der Waals surface area contributed by atoms with Crippen LogP contribution >= 0.6 is 0 Å². The number of aryl methyl sites for hydroxylation is 1. The molecule has 1 aliphatic rings. The summed E-state index contributed by atoms with van der Waals surface area (Å²) in [4.78, 5) is 13.5. The van der Waals surface area contributed by atoms with Crippen LogP contribution in [0.3, 0.4) is 0 Å². The molecule has 7 heteroatoms. The van der Waals surface area contributed by atoms with Crippen molar-refractivity contribution in [3.8, 4) is 0 Å². The molecular formula is C14H19FN2O3S. The molecule has 1 aromatic carbocycles. The first-order valence-electron chi connectivity index (χ1n) is 6.78. The number of sulfonamides is 1. The van der Waals surface area contributed by atoms with E-state index in [0.29, 0.717) is 12.1 Å². The van der Waals surface area contributed by atoms with Crippen LogP contribution in [0.25, 0.3) is 0 Å². The van der Waals surface area contributed by atoms with Crippen molar-refractivity contribution in [2.45, 2.75) is 44.2 Å². The van der Waals surface area contributed by atoms with Gasteiger partial charge in [0.1, 0.15) is 5.82 Å². The fraction of sp³-hybridized carbons (Fsp3) is 0.500. The molecule has 1 aliphatic heterocycles. The smallest absolute Gasteiger partial charge is 0.241 e. The maximum atomic E-state index is 13.1. The van der Waals surface area contributed by atoms with Crippen molar-refractivity contribution in [1.29, 1.82) is 0 Å². The Morgan fingerprint density at radius 3 is 2.57 bits per heavy atom. The lowest BCUT2D eigenvalue weighted by Crippen LogP contribution is -2.39. The Hall–Kier alpha value is -1.47. The Morgan fingerprint density at radius 2 is 2.05 bits per heavy atom. The van der Waals surface area contributed by atoms with Gasteiger partial charge in [-0.3, -0.25) is 4.79 Å². The first-order valence-corrected chi connectivity index (χ1v) is 8.27. The number of nitrogens with zero attached hydrogens (tertiary/aromatic N) is 1. The second-order valence-electron chi connectivity index (χ2n) is 5.57. The maximum Gasteiger partial charge on any atom is 0.241 e. The zero-order valence-electron chi connectivity index (χ0n) is 12.3. The summed E-state index contributed by atoms with van der Waals surface area (Å²) in [5.74, 6) is -0.540. The van der Waals surface area contributed by atoms with Gasteiger partial charge < -0.3 is 4.90 Å². The van der Waals surface area contributed by atoms with Gasteiger partial charge in [0, 0.05) is 25.0 Å². The van der Waals surface area contributed by atoms with E-state index in [9.17, 15) is 17.6 Å². The number of carbonyl (C=O) groups excluding carboxylic acids is 1. The quantitative estimate of drug-likeness (QED) is 0.914. The van der Waals surface area contributed by atoms with Gasteiger partial charge in [0.2, 0.25) is 15.9 Å². The highest BCUT2D eigenvalue weighted by Crippen LogP contribution is 2.20. The number of halogens is 1. The third kappa shape index (κ3) is 3.41. The van der Waals surface area contributed by atoms with Gasteiger partial charge >= 0.3 is 0 Å². The topological polar surface area (TPSA) is 66.5 Å². The van der Waals surface area contributed by atoms with E-state index in [2.05, 4.69) is 4.72 Å². The predicted octanol–water partition coefficient (Wildman–Crippen LogP) is 1.42. The number of hydrogen-bond donors (Lipinski definition) is 1. The normalized spacial score (nSPS) is 19.6. The number of likely N-dealkylation sites (tertiary alicyclic amines) is 1. The number of nitrogens with one attached hydrogen (secondary N) is 1. The van der Waals surface area contributed by atoms with E-state index in [0.717, 1.165) is 6.07 Å². The average molecular weight is 314 g/mol. The first-order chi connectivity index (χ1) is 9.70. The summed E-state index contributed by atoms with van der Waals surface area (Å²) in [7, 11) is -3.76. The average Bonchev–Trinajstić information content (AvgIpc) is 2.68. The molecule has 0 saturated carbocycles. The molecule has 2 rings (SSSR count). The van der Waals surface area contributed by atoms with E-state index in [1.807, 2.05) is 13.8 Å². The van der Waals surface area contributed by atoms with E-state index in [1.54, 1.807) is 4.90 Å². The summed E-state index contributed by atoms with van der Waals surface area (Å²) >= 11 is 0. The van der Waals surface area contributed by atoms with Crippen LogP contribution in [0.1, 0.15) is 25.8 Å². The lowest BCUT2D eigenvalue weighted by atomic mass is 10.2. The highest BCUT2D eigenvalue weighted by Gasteiger charge is 2.34. The number of amides is 1. The lowest BCUT2D eigenvalue weighted by Gasteiger charge is -2.21. The predicted molar refractivity (Wildman–Crippen MR) is 76.7 cm³/mol. The van der Waals surface area contributed by atoms with E-state index in [-0.39, 0.29) is 23.3 Å². The van der Waals surface area contributed by atoms with Crippen molar-refractivity contribution < 1.29 is 17.6 Å². The van der Waals surface area contributed by atoms with Crippen LogP contribution in [0.4, 0.5) is 4.39 Å². The number of hydrogen-bond acceptors (Lipinski definition) is 3. The molecule has 1 heterocycles. The molecule has 0 aliphatic carbocycles. The van der Waals surface area contributed by atoms with Crippen molar-refractivity contribution >= 4 is 15.9 Å². The van der Waals surface area contributed by atoms with Crippen molar-refractivity contribution in [3.63, 3.8) is 0 Å². The second-order valence-corrected chi connectivity index (χ2v) is 7.25. The minimum absolute atomic E-state index is 0.0411. The zero-order chi connectivity index (χ0) is 15.8. The molecule has 1 N–H and O–H groups in total. The number of benzene rings is 1. The Balaban J connectivity index is 2.17. The van der Waals surface area contributed by atoms with Gasteiger partial charge in [0.25, 0.3) is 0 Å². The van der Waals surface area contributed by atoms with E-state index >= 15 is 0 Å². The van der Waals surface area contributed by atoms with Gasteiger partial charge in [-0.1, -0.05) is 0 Å². The minimum Gasteiger partial charge on any atom is -0.339 e. The maximum absolute atomic E-state index is 13.1. The molecule has 0 spiro atoms. The summed E-state index contributed by atoms with van der Waals surface area (Å²) < 4.78 is 40.3. The van der Waals surface area contributed by atoms with Crippen LogP contribution in [0.2, 0.25) is 0 Å². The van der Waals surface area contributed by atoms with E-state index < -0.39 is 21.9 Å². The van der Waals surface area contributed by atoms with Crippen molar-refractivity contribution in [1.82, 2.24) is 9.62 Å². The van der Waals surface area contributed by atoms with Gasteiger partial charge in [-0.15, -0.1) is 0 Å². The highest BCUT2D eigenvalue weighted by atomic mass is 32.2. The molecule has 1 amide bonds. The second kappa shape index (κ2) is 5.73. The fourth-order valence-electron chi connectivity index (χ4n) is 2.51. The molecule has 0 aromatic heterocycles. The summed E-state index contributed by atoms with van der Waals surface area (Å²) in [6, 6.07) is 3.12. The molecule has 1 atom stereocenters. The van der Waals surface area contributed by atoms with Crippen LogP contribution < -0.4 is 4.72 Å². The molecule has 1 unspecified atom stereocenters. The van der Waals surface area contributed by atoms with Gasteiger partial charge in [0.15, 0.2) is 0 Å². The fourth-order valence-corrected chi connectivity index (χ4v) is 3.96. The highest BCUT2D eigenvalue weighted by molar-refractivity contribution is 7.89. The standard InChI is InChI=1S/C14H19FN2O3S/c1-9(2)17-8-12(7-14(17)18)16-21(19,20)13-5-4-11(15)6-10(13)3/h4-6,9,12,16H,7-8H2,1-3H3. The Labute approximate surface area is 124 Å². The molecule has 0 bridgehead atoms. The number of rotatable bonds is 4. The van der Waals surface area contributed by atoms with Crippen molar-refractivity contribution in [2.75, 3.05) is 6.54 Å². The van der Waals surface area contributed by atoms with Crippen LogP contribution in [0.5, 0.6) is 0 Å². The van der Waals surface area contributed by atoms with Crippen molar-refractivity contribution in [2.24, 2.45) is 0 Å². The lowest BCUT2D eigenvalue weighted by molar-refractivity contribution is -0.129. The molecule has 1 aromatic rings. The van der Waals surface area contributed by atoms with Crippen LogP contribution in [0.15, 0.2) is 23.1 Å². The van der Waals surface area contributed by atoms with E-state index in [1.165, 1.54) is 19.1 Å². The van der Waals surface area contributed by atoms with Crippen molar-refractivity contribution in [3.05, 3.63) is 29.6 Å². The minimum atomic E-state index is -3.76. The van der Waals surface area contributed by atoms with Crippen LogP contribution in [-0.2, 0) is 14.8 Å². The first kappa shape index (κ1) is 15.9. The Morgan fingerprint density at radius 1 is 1.38 bits per heavy atom. The van der Waals surface area contributed by atoms with Gasteiger partial charge in [-0.2, -0.15) is 0 Å².